The molecule has 0 aliphatic carbocycles. The van der Waals surface area contributed by atoms with E-state index >= 15 is 0 Å². The summed E-state index contributed by atoms with van der Waals surface area (Å²) in [5.74, 6) is 0. The van der Waals surface area contributed by atoms with Gasteiger partial charge in [-0.05, 0) is 58.7 Å². The summed E-state index contributed by atoms with van der Waals surface area (Å²) in [7, 11) is 0. The van der Waals surface area contributed by atoms with E-state index in [1.165, 1.54) is 5.56 Å². The molecule has 0 aromatic heterocycles. The molecule has 1 saturated heterocycles. The topological polar surface area (TPSA) is 21.3 Å². The average molecular weight is 282 g/mol. The minimum Gasteiger partial charge on any atom is -0.368 e. The molecule has 0 saturated carbocycles. The standard InChI is InChI=1S/C16H24ClNO/c1-11(12-7-6-8-13(17)9-12)18-14-10-15(2,3)19-16(14,4)5/h6-9,11,14,18H,10H2,1-5H3. The molecule has 1 aromatic carbocycles. The third kappa shape index (κ3) is 3.50. The largest absolute Gasteiger partial charge is 0.368 e. The molecule has 2 unspecified atom stereocenters. The Morgan fingerprint density at radius 2 is 2.00 bits per heavy atom. The minimum atomic E-state index is -0.143. The number of halogens is 1. The van der Waals surface area contributed by atoms with E-state index in [0.29, 0.717) is 6.04 Å². The van der Waals surface area contributed by atoms with Gasteiger partial charge in [-0.25, -0.2) is 0 Å². The second kappa shape index (κ2) is 5.08. The van der Waals surface area contributed by atoms with E-state index in [0.717, 1.165) is 11.4 Å². The molecular weight excluding hydrogens is 258 g/mol. The van der Waals surface area contributed by atoms with Gasteiger partial charge >= 0.3 is 0 Å². The first-order chi connectivity index (χ1) is 8.70. The normalized spacial score (nSPS) is 26.3. The highest BCUT2D eigenvalue weighted by atomic mass is 35.5. The molecule has 0 bridgehead atoms. The molecule has 106 valence electrons. The monoisotopic (exact) mass is 281 g/mol. The van der Waals surface area contributed by atoms with Gasteiger partial charge in [0.25, 0.3) is 0 Å². The number of nitrogens with one attached hydrogen (secondary N) is 1. The van der Waals surface area contributed by atoms with Crippen LogP contribution in [-0.2, 0) is 4.74 Å². The van der Waals surface area contributed by atoms with Gasteiger partial charge in [0.05, 0.1) is 11.2 Å². The van der Waals surface area contributed by atoms with Crippen LogP contribution in [-0.4, -0.2) is 17.2 Å². The predicted molar refractivity (Wildman–Crippen MR) is 80.7 cm³/mol. The number of rotatable bonds is 3. The zero-order valence-corrected chi connectivity index (χ0v) is 13.2. The van der Waals surface area contributed by atoms with Crippen LogP contribution in [0.2, 0.25) is 5.02 Å². The zero-order chi connectivity index (χ0) is 14.3. The Morgan fingerprint density at radius 1 is 1.32 bits per heavy atom. The van der Waals surface area contributed by atoms with Gasteiger partial charge in [-0.15, -0.1) is 0 Å². The number of hydrogen-bond acceptors (Lipinski definition) is 2. The van der Waals surface area contributed by atoms with Crippen molar-refractivity contribution in [3.05, 3.63) is 34.9 Å². The highest BCUT2D eigenvalue weighted by Gasteiger charge is 2.46. The van der Waals surface area contributed by atoms with Crippen molar-refractivity contribution in [2.24, 2.45) is 0 Å². The van der Waals surface area contributed by atoms with E-state index in [4.69, 9.17) is 16.3 Å². The fraction of sp³-hybridized carbons (Fsp3) is 0.625. The lowest BCUT2D eigenvalue weighted by atomic mass is 9.93. The SMILES string of the molecule is CC(NC1CC(C)(C)OC1(C)C)c1cccc(Cl)c1. The second-order valence-electron chi connectivity index (χ2n) is 6.67. The van der Waals surface area contributed by atoms with Gasteiger partial charge in [0.15, 0.2) is 0 Å². The fourth-order valence-electron chi connectivity index (χ4n) is 3.00. The molecule has 1 aromatic rings. The van der Waals surface area contributed by atoms with E-state index < -0.39 is 0 Å². The van der Waals surface area contributed by atoms with Crippen molar-refractivity contribution in [1.29, 1.82) is 0 Å². The highest BCUT2D eigenvalue weighted by Crippen LogP contribution is 2.38. The number of benzene rings is 1. The van der Waals surface area contributed by atoms with E-state index in [1.54, 1.807) is 0 Å². The molecule has 1 N–H and O–H groups in total. The maximum atomic E-state index is 6.12. The lowest BCUT2D eigenvalue weighted by molar-refractivity contribution is -0.0703. The molecule has 0 radical (unpaired) electrons. The maximum absolute atomic E-state index is 6.12. The Morgan fingerprint density at radius 3 is 2.53 bits per heavy atom. The van der Waals surface area contributed by atoms with Gasteiger partial charge in [0, 0.05) is 17.1 Å². The molecular formula is C16H24ClNO. The summed E-state index contributed by atoms with van der Waals surface area (Å²) < 4.78 is 6.12. The number of hydrogen-bond donors (Lipinski definition) is 1. The van der Waals surface area contributed by atoms with Crippen LogP contribution in [0.5, 0.6) is 0 Å². The first-order valence-electron chi connectivity index (χ1n) is 6.91. The fourth-order valence-corrected chi connectivity index (χ4v) is 3.19. The van der Waals surface area contributed by atoms with Crippen molar-refractivity contribution in [2.45, 2.75) is 64.3 Å². The minimum absolute atomic E-state index is 0.0603. The summed E-state index contributed by atoms with van der Waals surface area (Å²) >= 11 is 6.05. The molecule has 1 fully saturated rings. The molecule has 1 aliphatic heterocycles. The Hall–Kier alpha value is -0.570. The van der Waals surface area contributed by atoms with Gasteiger partial charge in [-0.3, -0.25) is 0 Å². The van der Waals surface area contributed by atoms with Crippen LogP contribution in [0.25, 0.3) is 0 Å². The van der Waals surface area contributed by atoms with Crippen LogP contribution in [0.15, 0.2) is 24.3 Å². The Labute approximate surface area is 121 Å². The van der Waals surface area contributed by atoms with Gasteiger partial charge in [0.2, 0.25) is 0 Å². The van der Waals surface area contributed by atoms with Crippen LogP contribution in [0.4, 0.5) is 0 Å². The molecule has 2 atom stereocenters. The van der Waals surface area contributed by atoms with Gasteiger partial charge in [0.1, 0.15) is 0 Å². The molecule has 2 rings (SSSR count). The molecule has 0 spiro atoms. The van der Waals surface area contributed by atoms with E-state index in [1.807, 2.05) is 18.2 Å². The summed E-state index contributed by atoms with van der Waals surface area (Å²) in [6, 6.07) is 8.64. The van der Waals surface area contributed by atoms with Gasteiger partial charge in [-0.1, -0.05) is 23.7 Å². The second-order valence-corrected chi connectivity index (χ2v) is 7.10. The summed E-state index contributed by atoms with van der Waals surface area (Å²) in [6.45, 7) is 10.8. The van der Waals surface area contributed by atoms with Crippen LogP contribution < -0.4 is 5.32 Å². The first kappa shape index (κ1) is 14.8. The Kier molecular flexibility index (Phi) is 3.97. The lowest BCUT2D eigenvalue weighted by Crippen LogP contribution is -2.44. The van der Waals surface area contributed by atoms with Crippen molar-refractivity contribution in [3.8, 4) is 0 Å². The number of ether oxygens (including phenoxy) is 1. The molecule has 1 aliphatic rings. The van der Waals surface area contributed by atoms with Crippen LogP contribution >= 0.6 is 11.6 Å². The van der Waals surface area contributed by atoms with Crippen molar-refractivity contribution in [3.63, 3.8) is 0 Å². The third-order valence-corrected chi connectivity index (χ3v) is 4.11. The zero-order valence-electron chi connectivity index (χ0n) is 12.5. The summed E-state index contributed by atoms with van der Waals surface area (Å²) in [5, 5.41) is 4.47. The predicted octanol–water partition coefficient (Wildman–Crippen LogP) is 4.34. The summed E-state index contributed by atoms with van der Waals surface area (Å²) in [5.41, 5.74) is 1.01. The highest BCUT2D eigenvalue weighted by molar-refractivity contribution is 6.30. The summed E-state index contributed by atoms with van der Waals surface area (Å²) in [6.07, 6.45) is 1.02. The van der Waals surface area contributed by atoms with Crippen molar-refractivity contribution < 1.29 is 4.74 Å². The maximum Gasteiger partial charge on any atom is 0.0787 e. The van der Waals surface area contributed by atoms with E-state index in [2.05, 4.69) is 46.0 Å². The quantitative estimate of drug-likeness (QED) is 0.890. The van der Waals surface area contributed by atoms with Crippen molar-refractivity contribution >= 4 is 11.6 Å². The lowest BCUT2D eigenvalue weighted by Gasteiger charge is -2.30. The Bertz CT molecular complexity index is 456. The van der Waals surface area contributed by atoms with E-state index in [9.17, 15) is 0 Å². The third-order valence-electron chi connectivity index (χ3n) is 3.87. The molecule has 0 amide bonds. The Balaban J connectivity index is 2.09. The average Bonchev–Trinajstić information content (AvgIpc) is 2.46. The van der Waals surface area contributed by atoms with Crippen LogP contribution in [0, 0.1) is 0 Å². The first-order valence-corrected chi connectivity index (χ1v) is 7.29. The molecule has 1 heterocycles. The smallest absolute Gasteiger partial charge is 0.0787 e. The van der Waals surface area contributed by atoms with Crippen molar-refractivity contribution in [2.75, 3.05) is 0 Å². The van der Waals surface area contributed by atoms with Crippen LogP contribution in [0.1, 0.15) is 52.6 Å². The van der Waals surface area contributed by atoms with E-state index in [-0.39, 0.29) is 17.2 Å². The molecule has 2 nitrogen and oxygen atoms in total. The summed E-state index contributed by atoms with van der Waals surface area (Å²) in [4.78, 5) is 0. The van der Waals surface area contributed by atoms with Gasteiger partial charge in [-0.2, -0.15) is 0 Å². The van der Waals surface area contributed by atoms with Crippen molar-refractivity contribution in [1.82, 2.24) is 5.32 Å². The molecule has 3 heteroatoms. The molecule has 19 heavy (non-hydrogen) atoms. The van der Waals surface area contributed by atoms with Gasteiger partial charge < -0.3 is 10.1 Å². The van der Waals surface area contributed by atoms with Crippen LogP contribution in [0.3, 0.4) is 0 Å².